The van der Waals surface area contributed by atoms with Gasteiger partial charge in [-0.1, -0.05) is 6.92 Å². The predicted molar refractivity (Wildman–Crippen MR) is 158 cm³/mol. The quantitative estimate of drug-likeness (QED) is 0.374. The molecule has 5 heterocycles. The predicted octanol–water partition coefficient (Wildman–Crippen LogP) is 4.21. The molecular formula is C28H40N6O3S2. The summed E-state index contributed by atoms with van der Waals surface area (Å²) in [7, 11) is 0.472. The molecule has 9 nitrogen and oxygen atoms in total. The monoisotopic (exact) mass is 572 g/mol. The fourth-order valence-corrected chi connectivity index (χ4v) is 7.49. The number of ether oxygens (including phenoxy) is 1. The maximum atomic E-state index is 12.1. The summed E-state index contributed by atoms with van der Waals surface area (Å²) < 4.78 is 30.7. The Kier molecular flexibility index (Phi) is 8.70. The first-order valence-electron chi connectivity index (χ1n) is 13.9. The van der Waals surface area contributed by atoms with Gasteiger partial charge in [-0.25, -0.2) is 23.4 Å². The number of fused-ring (bicyclic) bond motifs is 1. The minimum atomic E-state index is -3.27. The average Bonchev–Trinajstić information content (AvgIpc) is 3.34. The van der Waals surface area contributed by atoms with Crippen molar-refractivity contribution < 1.29 is 13.2 Å². The first-order valence-corrected chi connectivity index (χ1v) is 16.9. The lowest BCUT2D eigenvalue weighted by molar-refractivity contribution is 0.127. The van der Waals surface area contributed by atoms with E-state index in [1.807, 2.05) is 6.07 Å². The maximum absolute atomic E-state index is 12.1. The summed E-state index contributed by atoms with van der Waals surface area (Å²) >= 11 is 1.66. The highest BCUT2D eigenvalue weighted by atomic mass is 32.2. The van der Waals surface area contributed by atoms with Gasteiger partial charge in [-0.3, -0.25) is 4.90 Å². The molecule has 2 fully saturated rings. The number of nitrogens with zero attached hydrogens (tertiary/aromatic N) is 6. The Bertz CT molecular complexity index is 1400. The average molecular weight is 573 g/mol. The van der Waals surface area contributed by atoms with Crippen molar-refractivity contribution in [3.8, 4) is 17.1 Å². The van der Waals surface area contributed by atoms with E-state index in [2.05, 4.69) is 39.0 Å². The van der Waals surface area contributed by atoms with Crippen molar-refractivity contribution in [2.75, 3.05) is 58.0 Å². The lowest BCUT2D eigenvalue weighted by Gasteiger charge is -2.36. The number of pyridine rings is 1. The van der Waals surface area contributed by atoms with Gasteiger partial charge in [0.2, 0.25) is 11.8 Å². The van der Waals surface area contributed by atoms with Crippen LogP contribution in [0.1, 0.15) is 50.2 Å². The van der Waals surface area contributed by atoms with E-state index in [1.54, 1.807) is 17.5 Å². The Morgan fingerprint density at radius 2 is 1.85 bits per heavy atom. The second-order valence-electron chi connectivity index (χ2n) is 10.9. The van der Waals surface area contributed by atoms with E-state index in [-0.39, 0.29) is 5.75 Å². The second kappa shape index (κ2) is 12.0. The molecule has 5 rings (SSSR count). The number of aromatic nitrogens is 3. The van der Waals surface area contributed by atoms with Crippen LogP contribution >= 0.6 is 11.3 Å². The third-order valence-electron chi connectivity index (χ3n) is 8.00. The number of likely N-dealkylation sites (tertiary alicyclic amines) is 1. The van der Waals surface area contributed by atoms with Crippen LogP contribution < -0.4 is 9.64 Å². The zero-order chi connectivity index (χ0) is 27.6. The van der Waals surface area contributed by atoms with E-state index in [9.17, 15) is 8.42 Å². The van der Waals surface area contributed by atoms with Gasteiger partial charge in [0.1, 0.15) is 0 Å². The lowest BCUT2D eigenvalue weighted by atomic mass is 10.0. The van der Waals surface area contributed by atoms with Crippen molar-refractivity contribution in [1.29, 1.82) is 0 Å². The Hall–Kier alpha value is -2.34. The van der Waals surface area contributed by atoms with Crippen molar-refractivity contribution in [2.45, 2.75) is 57.4 Å². The van der Waals surface area contributed by atoms with Gasteiger partial charge < -0.3 is 14.5 Å². The summed E-state index contributed by atoms with van der Waals surface area (Å²) in [4.78, 5) is 22.0. The van der Waals surface area contributed by atoms with E-state index >= 15 is 0 Å². The Labute approximate surface area is 236 Å². The highest BCUT2D eigenvalue weighted by molar-refractivity contribution is 7.89. The van der Waals surface area contributed by atoms with Gasteiger partial charge in [-0.05, 0) is 70.2 Å². The third-order valence-corrected chi connectivity index (χ3v) is 9.86. The summed E-state index contributed by atoms with van der Waals surface area (Å²) in [5.74, 6) is 0.943. The van der Waals surface area contributed by atoms with Gasteiger partial charge in [-0.15, -0.1) is 11.3 Å². The standard InChI is InChI=1S/C28H40N6O3S2/c1-5-32(2)23-9-13-33(14-10-23)17-22-18-38-26-24(30-28(31-25(22)26)34-11-7-6-8-12-34)20-15-21(19-39(4,35)36)27(37-3)29-16-20/h15-16,18,23H,5-14,17,19H2,1-4H3. The number of hydrogen-bond donors (Lipinski definition) is 0. The molecule has 212 valence electrons. The van der Waals surface area contributed by atoms with Crippen LogP contribution in [0, 0.1) is 0 Å². The first-order chi connectivity index (χ1) is 18.8. The Balaban J connectivity index is 1.52. The smallest absolute Gasteiger partial charge is 0.226 e. The van der Waals surface area contributed by atoms with Gasteiger partial charge in [0.05, 0.1) is 28.8 Å². The lowest BCUT2D eigenvalue weighted by Crippen LogP contribution is -2.42. The molecule has 0 unspecified atom stereocenters. The minimum absolute atomic E-state index is 0.136. The van der Waals surface area contributed by atoms with E-state index in [4.69, 9.17) is 14.7 Å². The largest absolute Gasteiger partial charge is 0.481 e. The first kappa shape index (κ1) is 28.2. The molecule has 2 aliphatic rings. The Morgan fingerprint density at radius 1 is 1.10 bits per heavy atom. The highest BCUT2D eigenvalue weighted by Gasteiger charge is 2.25. The molecule has 11 heteroatoms. The molecule has 0 N–H and O–H groups in total. The zero-order valence-corrected chi connectivity index (χ0v) is 25.2. The second-order valence-corrected chi connectivity index (χ2v) is 13.9. The molecule has 3 aromatic heterocycles. The van der Waals surface area contributed by atoms with Gasteiger partial charge in [0, 0.05) is 54.8 Å². The Morgan fingerprint density at radius 3 is 2.51 bits per heavy atom. The van der Waals surface area contributed by atoms with Crippen LogP contribution in [0.25, 0.3) is 21.5 Å². The molecule has 0 radical (unpaired) electrons. The number of anilines is 1. The fraction of sp³-hybridized carbons (Fsp3) is 0.607. The highest BCUT2D eigenvalue weighted by Crippen LogP contribution is 2.37. The SMILES string of the molecule is CCN(C)C1CCN(Cc2csc3c(-c4cnc(OC)c(CS(C)(=O)=O)c4)nc(N4CCCCC4)nc23)CC1. The minimum Gasteiger partial charge on any atom is -0.481 e. The van der Waals surface area contributed by atoms with E-state index in [1.165, 1.54) is 38.2 Å². The third kappa shape index (κ3) is 6.53. The van der Waals surface area contributed by atoms with Crippen molar-refractivity contribution in [1.82, 2.24) is 24.8 Å². The van der Waals surface area contributed by atoms with Crippen LogP contribution in [0.2, 0.25) is 0 Å². The summed E-state index contributed by atoms with van der Waals surface area (Å²) in [5, 5.41) is 2.22. The number of hydrogen-bond acceptors (Lipinski definition) is 10. The molecule has 0 aromatic carbocycles. The molecule has 0 saturated carbocycles. The van der Waals surface area contributed by atoms with Crippen LogP contribution in [0.3, 0.4) is 0 Å². The summed E-state index contributed by atoms with van der Waals surface area (Å²) in [6, 6.07) is 2.53. The van der Waals surface area contributed by atoms with Gasteiger partial charge >= 0.3 is 0 Å². The maximum Gasteiger partial charge on any atom is 0.226 e. The van der Waals surface area contributed by atoms with Crippen LogP contribution in [0.15, 0.2) is 17.6 Å². The molecule has 0 amide bonds. The molecule has 0 aliphatic carbocycles. The molecule has 0 atom stereocenters. The zero-order valence-electron chi connectivity index (χ0n) is 23.5. The number of methoxy groups -OCH3 is 1. The van der Waals surface area contributed by atoms with Crippen LogP contribution in [-0.2, 0) is 22.1 Å². The number of sulfone groups is 1. The van der Waals surface area contributed by atoms with Crippen molar-refractivity contribution >= 4 is 37.3 Å². The van der Waals surface area contributed by atoms with Gasteiger partial charge in [-0.2, -0.15) is 0 Å². The number of thiophene rings is 1. The summed E-state index contributed by atoms with van der Waals surface area (Å²) in [5.41, 5.74) is 4.37. The molecule has 0 bridgehead atoms. The van der Waals surface area contributed by atoms with E-state index in [0.29, 0.717) is 17.5 Å². The van der Waals surface area contributed by atoms with E-state index < -0.39 is 9.84 Å². The van der Waals surface area contributed by atoms with E-state index in [0.717, 1.165) is 79.5 Å². The van der Waals surface area contributed by atoms with Crippen LogP contribution in [0.4, 0.5) is 5.95 Å². The van der Waals surface area contributed by atoms with Crippen molar-refractivity contribution in [3.05, 3.63) is 28.8 Å². The van der Waals surface area contributed by atoms with Gasteiger partial charge in [0.25, 0.3) is 0 Å². The van der Waals surface area contributed by atoms with Crippen LogP contribution in [-0.4, -0.2) is 92.3 Å². The van der Waals surface area contributed by atoms with Gasteiger partial charge in [0.15, 0.2) is 9.84 Å². The summed E-state index contributed by atoms with van der Waals surface area (Å²) in [6.07, 6.45) is 8.84. The molecule has 2 aliphatic heterocycles. The van der Waals surface area contributed by atoms with Crippen LogP contribution in [0.5, 0.6) is 5.88 Å². The molecule has 3 aromatic rings. The number of rotatable bonds is 9. The van der Waals surface area contributed by atoms with Crippen molar-refractivity contribution in [3.63, 3.8) is 0 Å². The molecular weight excluding hydrogens is 532 g/mol. The topological polar surface area (TPSA) is 91.8 Å². The summed E-state index contributed by atoms with van der Waals surface area (Å²) in [6.45, 7) is 8.25. The normalized spacial score (nSPS) is 17.8. The fourth-order valence-electron chi connectivity index (χ4n) is 5.71. The molecule has 0 spiro atoms. The molecule has 39 heavy (non-hydrogen) atoms. The van der Waals surface area contributed by atoms with Crippen molar-refractivity contribution in [2.24, 2.45) is 0 Å². The molecule has 2 saturated heterocycles. The number of piperidine rings is 2.